The van der Waals surface area contributed by atoms with Crippen LogP contribution >= 0.6 is 11.8 Å². The Morgan fingerprint density at radius 1 is 1.55 bits per heavy atom. The predicted molar refractivity (Wildman–Crippen MR) is 80.1 cm³/mol. The third-order valence-electron chi connectivity index (χ3n) is 3.91. The highest BCUT2D eigenvalue weighted by molar-refractivity contribution is 7.98. The van der Waals surface area contributed by atoms with Gasteiger partial charge in [0, 0.05) is 31.8 Å². The van der Waals surface area contributed by atoms with Crippen LogP contribution in [0, 0.1) is 5.92 Å². The lowest BCUT2D eigenvalue weighted by atomic mass is 10.1. The number of rotatable bonds is 4. The van der Waals surface area contributed by atoms with Crippen molar-refractivity contribution < 1.29 is 5.11 Å². The van der Waals surface area contributed by atoms with E-state index < -0.39 is 0 Å². The first-order chi connectivity index (χ1) is 9.69. The van der Waals surface area contributed by atoms with Gasteiger partial charge in [0.2, 0.25) is 0 Å². The molecule has 6 nitrogen and oxygen atoms in total. The highest BCUT2D eigenvalue weighted by Gasteiger charge is 2.33. The number of fused-ring (bicyclic) bond motifs is 1. The Labute approximate surface area is 121 Å². The molecule has 1 aromatic heterocycles. The van der Waals surface area contributed by atoms with Crippen molar-refractivity contribution in [1.82, 2.24) is 14.9 Å². The number of aliphatic hydroxyl groups excluding tert-OH is 1. The Balaban J connectivity index is 1.68. The highest BCUT2D eigenvalue weighted by atomic mass is 32.2. The molecule has 2 aliphatic heterocycles. The molecule has 1 fully saturated rings. The average Bonchev–Trinajstić information content (AvgIpc) is 2.97. The van der Waals surface area contributed by atoms with Crippen LogP contribution in [0.3, 0.4) is 0 Å². The summed E-state index contributed by atoms with van der Waals surface area (Å²) in [5, 5.41) is 10.0. The Bertz CT molecular complexity index is 574. The van der Waals surface area contributed by atoms with Gasteiger partial charge in [-0.2, -0.15) is 11.8 Å². The molecular weight excluding hydrogens is 276 g/mol. The van der Waals surface area contributed by atoms with Crippen molar-refractivity contribution in [1.29, 1.82) is 0 Å². The molecule has 0 amide bonds. The van der Waals surface area contributed by atoms with Crippen LogP contribution in [0.5, 0.6) is 0 Å². The number of aliphatic hydroxyl groups is 1. The molecule has 1 aromatic rings. The molecule has 0 bridgehead atoms. The summed E-state index contributed by atoms with van der Waals surface area (Å²) in [6.07, 6.45) is 5.03. The third-order valence-corrected chi connectivity index (χ3v) is 4.67. The van der Waals surface area contributed by atoms with E-state index in [4.69, 9.17) is 0 Å². The summed E-state index contributed by atoms with van der Waals surface area (Å²) in [6.45, 7) is 2.34. The molecule has 1 unspecified atom stereocenters. The predicted octanol–water partition coefficient (Wildman–Crippen LogP) is 0.225. The molecule has 0 spiro atoms. The van der Waals surface area contributed by atoms with Crippen molar-refractivity contribution >= 4 is 23.7 Å². The van der Waals surface area contributed by atoms with Crippen LogP contribution in [0.2, 0.25) is 0 Å². The van der Waals surface area contributed by atoms with Gasteiger partial charge >= 0.3 is 0 Å². The van der Waals surface area contributed by atoms with Crippen molar-refractivity contribution in [3.63, 3.8) is 0 Å². The number of hydrogen-bond donors (Lipinski definition) is 2. The first-order valence-corrected chi connectivity index (χ1v) is 8.09. The Morgan fingerprint density at radius 3 is 3.20 bits per heavy atom. The minimum Gasteiger partial charge on any atom is -0.391 e. The van der Waals surface area contributed by atoms with E-state index >= 15 is 0 Å². The first-order valence-electron chi connectivity index (χ1n) is 6.70. The smallest absolute Gasteiger partial charge is 0.276 e. The Hall–Kier alpha value is -1.18. The second kappa shape index (κ2) is 5.67. The van der Waals surface area contributed by atoms with Gasteiger partial charge in [-0.1, -0.05) is 0 Å². The second-order valence-electron chi connectivity index (χ2n) is 5.35. The molecule has 0 aliphatic carbocycles. The van der Waals surface area contributed by atoms with E-state index in [0.717, 1.165) is 24.5 Å². The third kappa shape index (κ3) is 2.53. The monoisotopic (exact) mass is 294 g/mol. The fraction of sp³-hybridized carbons (Fsp3) is 0.615. The molecule has 108 valence electrons. The highest BCUT2D eigenvalue weighted by Crippen LogP contribution is 2.29. The Morgan fingerprint density at radius 2 is 2.40 bits per heavy atom. The summed E-state index contributed by atoms with van der Waals surface area (Å²) < 4.78 is 0. The number of H-pyrrole nitrogens is 1. The van der Waals surface area contributed by atoms with E-state index in [-0.39, 0.29) is 17.6 Å². The SMILES string of the molecule is CSC[C@H]1CN(CC2C=Nc3c2nc[nH]c3=O)C[C@@H]1O. The minimum absolute atomic E-state index is 0.0486. The molecule has 7 heteroatoms. The van der Waals surface area contributed by atoms with E-state index in [1.54, 1.807) is 18.0 Å². The lowest BCUT2D eigenvalue weighted by molar-refractivity contribution is 0.150. The van der Waals surface area contributed by atoms with Gasteiger partial charge in [-0.05, 0) is 12.0 Å². The zero-order valence-electron chi connectivity index (χ0n) is 11.3. The minimum atomic E-state index is -0.257. The number of thioether (sulfide) groups is 1. The number of nitrogens with zero attached hydrogens (tertiary/aromatic N) is 3. The number of nitrogens with one attached hydrogen (secondary N) is 1. The first kappa shape index (κ1) is 13.8. The maximum absolute atomic E-state index is 11.6. The van der Waals surface area contributed by atoms with E-state index in [2.05, 4.69) is 26.1 Å². The van der Waals surface area contributed by atoms with Gasteiger partial charge in [-0.25, -0.2) is 4.98 Å². The summed E-state index contributed by atoms with van der Waals surface area (Å²) in [6, 6.07) is 0. The van der Waals surface area contributed by atoms with Crippen molar-refractivity contribution in [2.75, 3.05) is 31.6 Å². The number of aromatic nitrogens is 2. The van der Waals surface area contributed by atoms with Gasteiger partial charge < -0.3 is 10.1 Å². The lowest BCUT2D eigenvalue weighted by Gasteiger charge is -2.18. The molecule has 20 heavy (non-hydrogen) atoms. The normalized spacial score (nSPS) is 29.0. The van der Waals surface area contributed by atoms with Gasteiger partial charge in [0.1, 0.15) is 5.69 Å². The van der Waals surface area contributed by atoms with E-state index in [1.165, 1.54) is 6.33 Å². The summed E-state index contributed by atoms with van der Waals surface area (Å²) in [5.41, 5.74) is 0.991. The van der Waals surface area contributed by atoms with Crippen molar-refractivity contribution in [2.24, 2.45) is 10.9 Å². The molecule has 3 heterocycles. The maximum Gasteiger partial charge on any atom is 0.276 e. The van der Waals surface area contributed by atoms with Crippen LogP contribution < -0.4 is 5.56 Å². The lowest BCUT2D eigenvalue weighted by Crippen LogP contribution is -2.28. The number of hydrogen-bond acceptors (Lipinski definition) is 6. The fourth-order valence-corrected chi connectivity index (χ4v) is 3.67. The van der Waals surface area contributed by atoms with Gasteiger partial charge in [-0.3, -0.25) is 14.7 Å². The average molecular weight is 294 g/mol. The van der Waals surface area contributed by atoms with Crippen molar-refractivity contribution in [2.45, 2.75) is 12.0 Å². The molecule has 1 saturated heterocycles. The van der Waals surface area contributed by atoms with Crippen LogP contribution in [0.4, 0.5) is 5.69 Å². The Kier molecular flexibility index (Phi) is 3.91. The topological polar surface area (TPSA) is 81.6 Å². The van der Waals surface area contributed by atoms with Crippen LogP contribution in [-0.4, -0.2) is 63.9 Å². The fourth-order valence-electron chi connectivity index (χ4n) is 2.92. The molecular formula is C13H18N4O2S. The molecule has 0 aromatic carbocycles. The number of aromatic amines is 1. The largest absolute Gasteiger partial charge is 0.391 e. The second-order valence-corrected chi connectivity index (χ2v) is 6.26. The molecule has 2 aliphatic rings. The molecule has 3 rings (SSSR count). The maximum atomic E-state index is 11.6. The van der Waals surface area contributed by atoms with E-state index in [1.807, 2.05) is 0 Å². The summed E-state index contributed by atoms with van der Waals surface area (Å²) in [4.78, 5) is 24.8. The van der Waals surface area contributed by atoms with Gasteiger partial charge in [0.05, 0.1) is 24.0 Å². The standard InChI is InChI=1S/C13H18N4O2S/c1-20-6-9-4-17(5-10(9)18)3-8-2-14-12-11(8)15-7-16-13(12)19/h2,7-10,18H,3-6H2,1H3,(H,15,16,19)/t8?,9-,10+/m1/s1. The molecule has 3 atom stereocenters. The van der Waals surface area contributed by atoms with Crippen LogP contribution in [0.25, 0.3) is 0 Å². The summed E-state index contributed by atoms with van der Waals surface area (Å²) in [5.74, 6) is 1.35. The molecule has 2 N–H and O–H groups in total. The summed E-state index contributed by atoms with van der Waals surface area (Å²) >= 11 is 1.77. The van der Waals surface area contributed by atoms with Crippen molar-refractivity contribution in [3.05, 3.63) is 22.4 Å². The van der Waals surface area contributed by atoms with Gasteiger partial charge in [0.15, 0.2) is 0 Å². The van der Waals surface area contributed by atoms with Crippen LogP contribution in [-0.2, 0) is 0 Å². The van der Waals surface area contributed by atoms with E-state index in [9.17, 15) is 9.90 Å². The number of aliphatic imine (C=N–C) groups is 1. The number of likely N-dealkylation sites (tertiary alicyclic amines) is 1. The quantitative estimate of drug-likeness (QED) is 0.830. The number of β-amino-alcohol motifs (C(OH)–C–C–N with tert-alkyl or cyclic N) is 1. The molecule has 0 radical (unpaired) electrons. The van der Waals surface area contributed by atoms with Crippen LogP contribution in [0.15, 0.2) is 16.1 Å². The molecule has 0 saturated carbocycles. The van der Waals surface area contributed by atoms with E-state index in [0.29, 0.717) is 18.2 Å². The van der Waals surface area contributed by atoms with Gasteiger partial charge in [0.25, 0.3) is 5.56 Å². The summed E-state index contributed by atoms with van der Waals surface area (Å²) in [7, 11) is 0. The zero-order valence-corrected chi connectivity index (χ0v) is 12.1. The van der Waals surface area contributed by atoms with Crippen molar-refractivity contribution in [3.8, 4) is 0 Å². The van der Waals surface area contributed by atoms with Crippen LogP contribution in [0.1, 0.15) is 11.6 Å². The van der Waals surface area contributed by atoms with Gasteiger partial charge in [-0.15, -0.1) is 0 Å². The zero-order chi connectivity index (χ0) is 14.1.